The van der Waals surface area contributed by atoms with Gasteiger partial charge in [0, 0.05) is 5.75 Å². The summed E-state index contributed by atoms with van der Waals surface area (Å²) in [5, 5.41) is 2.11. The zero-order valence-corrected chi connectivity index (χ0v) is 17.5. The number of thioether (sulfide) groups is 1. The van der Waals surface area contributed by atoms with Crippen molar-refractivity contribution in [3.8, 4) is 0 Å². The number of β-lactam (4-membered cyclic amide) rings is 1. The third-order valence-corrected chi connectivity index (χ3v) is 5.16. The SMILES string of the molecule is C=C1CS[C@@H]2[C@H](NC(=O)OC(C)(C)C)C(=O)N2C1C(=O)OCC(Cl)(Cl)Cl. The van der Waals surface area contributed by atoms with Gasteiger partial charge in [0.05, 0.1) is 0 Å². The maximum atomic E-state index is 12.5. The van der Waals surface area contributed by atoms with Crippen LogP contribution in [0.2, 0.25) is 0 Å². The number of hydrogen-bond acceptors (Lipinski definition) is 6. The summed E-state index contributed by atoms with van der Waals surface area (Å²) in [5.41, 5.74) is -0.182. The average molecular weight is 446 g/mol. The van der Waals surface area contributed by atoms with Gasteiger partial charge in [-0.25, -0.2) is 9.59 Å². The Morgan fingerprint density at radius 2 is 1.96 bits per heavy atom. The van der Waals surface area contributed by atoms with Crippen LogP contribution in [0.1, 0.15) is 20.8 Å². The second-order valence-electron chi connectivity index (χ2n) is 6.85. The van der Waals surface area contributed by atoms with Crippen LogP contribution in [0.4, 0.5) is 4.79 Å². The Balaban J connectivity index is 2.03. The fourth-order valence-corrected chi connectivity index (χ4v) is 3.95. The minimum atomic E-state index is -1.75. The number of carbonyl (C=O) groups excluding carboxylic acids is 3. The highest BCUT2D eigenvalue weighted by Crippen LogP contribution is 2.40. The molecule has 11 heteroatoms. The Morgan fingerprint density at radius 3 is 2.50 bits per heavy atom. The zero-order chi connectivity index (χ0) is 19.9. The number of alkyl carbamates (subject to hydrolysis) is 1. The van der Waals surface area contributed by atoms with Crippen molar-refractivity contribution in [1.82, 2.24) is 10.2 Å². The Hall–Kier alpha value is -0.830. The van der Waals surface area contributed by atoms with Crippen LogP contribution in [0.5, 0.6) is 0 Å². The summed E-state index contributed by atoms with van der Waals surface area (Å²) in [6.45, 7) is 8.54. The van der Waals surface area contributed by atoms with E-state index in [1.165, 1.54) is 16.7 Å². The summed E-state index contributed by atoms with van der Waals surface area (Å²) in [6, 6.07) is -1.76. The average Bonchev–Trinajstić information content (AvgIpc) is 2.47. The molecule has 0 aromatic carbocycles. The summed E-state index contributed by atoms with van der Waals surface area (Å²) in [7, 11) is 0. The molecule has 3 atom stereocenters. The molecule has 0 bridgehead atoms. The molecule has 0 aliphatic carbocycles. The molecule has 0 saturated carbocycles. The van der Waals surface area contributed by atoms with Gasteiger partial charge in [-0.2, -0.15) is 0 Å². The molecule has 0 aromatic heterocycles. The van der Waals surface area contributed by atoms with Gasteiger partial charge in [0.1, 0.15) is 23.6 Å². The molecule has 2 saturated heterocycles. The summed E-state index contributed by atoms with van der Waals surface area (Å²) in [6.07, 6.45) is -0.698. The van der Waals surface area contributed by atoms with Crippen LogP contribution in [0, 0.1) is 0 Å². The summed E-state index contributed by atoms with van der Waals surface area (Å²) < 4.78 is 8.40. The molecule has 1 N–H and O–H groups in total. The van der Waals surface area contributed by atoms with Crippen molar-refractivity contribution in [3.05, 3.63) is 12.2 Å². The maximum absolute atomic E-state index is 12.5. The van der Waals surface area contributed by atoms with Crippen LogP contribution >= 0.6 is 46.6 Å². The van der Waals surface area contributed by atoms with Gasteiger partial charge in [-0.1, -0.05) is 41.4 Å². The fourth-order valence-electron chi connectivity index (χ4n) is 2.48. The number of nitrogens with zero attached hydrogens (tertiary/aromatic N) is 1. The van der Waals surface area contributed by atoms with Gasteiger partial charge < -0.3 is 19.7 Å². The minimum absolute atomic E-state index is 0.425. The van der Waals surface area contributed by atoms with Crippen LogP contribution in [-0.2, 0) is 19.1 Å². The number of ether oxygens (including phenoxy) is 2. The van der Waals surface area contributed by atoms with Crippen molar-refractivity contribution in [2.75, 3.05) is 12.4 Å². The Bertz CT molecular complexity index is 632. The molecule has 2 rings (SSSR count). The van der Waals surface area contributed by atoms with E-state index in [1.54, 1.807) is 20.8 Å². The molecule has 2 amide bonds. The number of esters is 1. The number of fused-ring (bicyclic) bond motifs is 1. The predicted molar refractivity (Wildman–Crippen MR) is 100 cm³/mol. The summed E-state index contributed by atoms with van der Waals surface area (Å²) in [5.74, 6) is -0.727. The number of carbonyl (C=O) groups is 3. The first-order valence-electron chi connectivity index (χ1n) is 7.64. The predicted octanol–water partition coefficient (Wildman–Crippen LogP) is 2.63. The number of hydrogen-bond donors (Lipinski definition) is 1. The van der Waals surface area contributed by atoms with Crippen molar-refractivity contribution in [2.45, 2.75) is 47.6 Å². The van der Waals surface area contributed by atoms with E-state index in [2.05, 4.69) is 11.9 Å². The molecular formula is C15H19Cl3N2O5S. The minimum Gasteiger partial charge on any atom is -0.459 e. The normalized spacial score (nSPS) is 25.9. The monoisotopic (exact) mass is 444 g/mol. The lowest BCUT2D eigenvalue weighted by molar-refractivity contribution is -0.162. The summed E-state index contributed by atoms with van der Waals surface area (Å²) in [4.78, 5) is 38.0. The number of halogens is 3. The highest BCUT2D eigenvalue weighted by atomic mass is 35.6. The molecule has 2 fully saturated rings. The lowest BCUT2D eigenvalue weighted by Gasteiger charge is -2.52. The van der Waals surface area contributed by atoms with E-state index < -0.39 is 51.4 Å². The van der Waals surface area contributed by atoms with E-state index in [4.69, 9.17) is 44.3 Å². The zero-order valence-electron chi connectivity index (χ0n) is 14.4. The molecule has 26 heavy (non-hydrogen) atoms. The van der Waals surface area contributed by atoms with Gasteiger partial charge in [-0.05, 0) is 26.3 Å². The van der Waals surface area contributed by atoms with Gasteiger partial charge in [0.25, 0.3) is 0 Å². The smallest absolute Gasteiger partial charge is 0.408 e. The van der Waals surface area contributed by atoms with Crippen molar-refractivity contribution < 1.29 is 23.9 Å². The molecule has 146 valence electrons. The van der Waals surface area contributed by atoms with E-state index in [1.807, 2.05) is 0 Å². The highest BCUT2D eigenvalue weighted by Gasteiger charge is 2.56. The first-order chi connectivity index (χ1) is 11.8. The Labute approximate surface area is 170 Å². The third kappa shape index (κ3) is 5.12. The molecule has 0 radical (unpaired) electrons. The summed E-state index contributed by atoms with van der Waals surface area (Å²) >= 11 is 18.1. The molecule has 7 nitrogen and oxygen atoms in total. The van der Waals surface area contributed by atoms with Crippen LogP contribution < -0.4 is 5.32 Å². The van der Waals surface area contributed by atoms with Gasteiger partial charge in [0.2, 0.25) is 9.70 Å². The molecule has 2 aliphatic heterocycles. The first-order valence-corrected chi connectivity index (χ1v) is 9.83. The maximum Gasteiger partial charge on any atom is 0.408 e. The van der Waals surface area contributed by atoms with E-state index in [0.29, 0.717) is 11.3 Å². The van der Waals surface area contributed by atoms with E-state index in [0.717, 1.165) is 0 Å². The second kappa shape index (κ2) is 7.66. The van der Waals surface area contributed by atoms with Gasteiger partial charge in [0.15, 0.2) is 6.04 Å². The van der Waals surface area contributed by atoms with Gasteiger partial charge in [-0.3, -0.25) is 4.79 Å². The highest BCUT2D eigenvalue weighted by molar-refractivity contribution is 8.00. The first kappa shape index (κ1) is 21.5. The Morgan fingerprint density at radius 1 is 1.35 bits per heavy atom. The van der Waals surface area contributed by atoms with E-state index in [9.17, 15) is 14.4 Å². The molecule has 1 unspecified atom stereocenters. The van der Waals surface area contributed by atoms with Crippen LogP contribution in [-0.4, -0.2) is 62.1 Å². The van der Waals surface area contributed by atoms with Gasteiger partial charge in [-0.15, -0.1) is 11.8 Å². The lowest BCUT2D eigenvalue weighted by Crippen LogP contribution is -2.74. The number of nitrogens with one attached hydrogen (secondary N) is 1. The Kier molecular flexibility index (Phi) is 6.32. The number of rotatable bonds is 3. The van der Waals surface area contributed by atoms with Crippen LogP contribution in [0.15, 0.2) is 12.2 Å². The van der Waals surface area contributed by atoms with Gasteiger partial charge >= 0.3 is 12.1 Å². The molecule has 0 spiro atoms. The van der Waals surface area contributed by atoms with Crippen molar-refractivity contribution in [1.29, 1.82) is 0 Å². The molecule has 2 aliphatic rings. The quantitative estimate of drug-likeness (QED) is 0.311. The van der Waals surface area contributed by atoms with Crippen molar-refractivity contribution in [3.63, 3.8) is 0 Å². The topological polar surface area (TPSA) is 84.9 Å². The third-order valence-electron chi connectivity index (χ3n) is 3.46. The number of alkyl halides is 3. The van der Waals surface area contributed by atoms with E-state index >= 15 is 0 Å². The second-order valence-corrected chi connectivity index (χ2v) is 10.5. The van der Waals surface area contributed by atoms with Crippen molar-refractivity contribution in [2.24, 2.45) is 0 Å². The lowest BCUT2D eigenvalue weighted by atomic mass is 9.99. The van der Waals surface area contributed by atoms with E-state index in [-0.39, 0.29) is 0 Å². The largest absolute Gasteiger partial charge is 0.459 e. The standard InChI is InChI=1S/C15H19Cl3N2O5S/c1-7-5-26-11-8(19-13(23)25-14(2,3)4)10(21)20(11)9(7)12(22)24-6-15(16,17)18/h8-9,11H,1,5-6H2,2-4H3,(H,19,23)/t8-,9?,11-/m1/s1. The number of amides is 2. The molecule has 0 aromatic rings. The van der Waals surface area contributed by atoms with Crippen LogP contribution in [0.25, 0.3) is 0 Å². The fraction of sp³-hybridized carbons (Fsp3) is 0.667. The van der Waals surface area contributed by atoms with Crippen molar-refractivity contribution >= 4 is 64.5 Å². The molecular weight excluding hydrogens is 427 g/mol. The van der Waals surface area contributed by atoms with Crippen LogP contribution in [0.3, 0.4) is 0 Å². The molecule has 2 heterocycles.